The number of aromatic nitrogens is 1. The number of nitrogens with zero attached hydrogens (tertiary/aromatic N) is 2. The minimum Gasteiger partial charge on any atom is -0.389 e. The molecule has 0 aromatic carbocycles. The highest BCUT2D eigenvalue weighted by Gasteiger charge is 2.14. The first-order valence-electron chi connectivity index (χ1n) is 6.70. The lowest BCUT2D eigenvalue weighted by Crippen LogP contribution is -2.35. The van der Waals surface area contributed by atoms with E-state index in [0.29, 0.717) is 24.5 Å². The quantitative estimate of drug-likeness (QED) is 0.780. The summed E-state index contributed by atoms with van der Waals surface area (Å²) in [6.07, 6.45) is 0. The molecule has 1 heterocycles. The van der Waals surface area contributed by atoms with Crippen molar-refractivity contribution in [2.24, 2.45) is 5.73 Å². The van der Waals surface area contributed by atoms with Crippen LogP contribution >= 0.6 is 12.2 Å². The fourth-order valence-electron chi connectivity index (χ4n) is 2.12. The van der Waals surface area contributed by atoms with Gasteiger partial charge in [0.05, 0.1) is 12.1 Å². The number of pyridine rings is 1. The van der Waals surface area contributed by atoms with Crippen molar-refractivity contribution >= 4 is 28.9 Å². The van der Waals surface area contributed by atoms with Gasteiger partial charge in [-0.15, -0.1) is 0 Å². The number of rotatable bonds is 6. The zero-order valence-electron chi connectivity index (χ0n) is 12.5. The SMILES string of the molecule is CCN(CC)C(=O)CNc1nc(C)cc(C)c1C(N)=S. The van der Waals surface area contributed by atoms with Crippen LogP contribution in [0.3, 0.4) is 0 Å². The van der Waals surface area contributed by atoms with Gasteiger partial charge in [-0.3, -0.25) is 4.79 Å². The highest BCUT2D eigenvalue weighted by molar-refractivity contribution is 7.80. The Balaban J connectivity index is 2.92. The van der Waals surface area contributed by atoms with E-state index in [1.165, 1.54) is 0 Å². The van der Waals surface area contributed by atoms with E-state index in [-0.39, 0.29) is 17.4 Å². The number of carbonyl (C=O) groups is 1. The van der Waals surface area contributed by atoms with E-state index < -0.39 is 0 Å². The minimum atomic E-state index is 0.0323. The molecule has 1 rings (SSSR count). The van der Waals surface area contributed by atoms with Crippen LogP contribution in [0.2, 0.25) is 0 Å². The molecule has 6 heteroatoms. The fourth-order valence-corrected chi connectivity index (χ4v) is 2.38. The molecule has 0 aliphatic carbocycles. The van der Waals surface area contributed by atoms with Crippen molar-refractivity contribution in [1.29, 1.82) is 0 Å². The summed E-state index contributed by atoms with van der Waals surface area (Å²) < 4.78 is 0. The number of nitrogens with one attached hydrogen (secondary N) is 1. The number of hydrogen-bond acceptors (Lipinski definition) is 4. The van der Waals surface area contributed by atoms with Crippen LogP contribution in [0.1, 0.15) is 30.7 Å². The standard InChI is InChI=1S/C14H22N4OS/c1-5-18(6-2)11(19)8-16-14-12(13(15)20)9(3)7-10(4)17-14/h7H,5-6,8H2,1-4H3,(H2,15,20)(H,16,17). The Morgan fingerprint density at radius 2 is 2.00 bits per heavy atom. The van der Waals surface area contributed by atoms with Crippen LogP contribution in [-0.2, 0) is 4.79 Å². The summed E-state index contributed by atoms with van der Waals surface area (Å²) in [7, 11) is 0. The number of anilines is 1. The predicted molar refractivity (Wildman–Crippen MR) is 86.0 cm³/mol. The van der Waals surface area contributed by atoms with Gasteiger partial charge in [0, 0.05) is 18.8 Å². The van der Waals surface area contributed by atoms with Gasteiger partial charge in [-0.2, -0.15) is 0 Å². The molecule has 1 amide bonds. The lowest BCUT2D eigenvalue weighted by molar-refractivity contribution is -0.128. The Kier molecular flexibility index (Phi) is 5.88. The smallest absolute Gasteiger partial charge is 0.241 e. The summed E-state index contributed by atoms with van der Waals surface area (Å²) in [4.78, 5) is 18.4. The second kappa shape index (κ2) is 7.19. The largest absolute Gasteiger partial charge is 0.389 e. The zero-order chi connectivity index (χ0) is 15.3. The van der Waals surface area contributed by atoms with Crippen molar-refractivity contribution in [2.75, 3.05) is 25.0 Å². The molecule has 0 radical (unpaired) electrons. The maximum Gasteiger partial charge on any atom is 0.241 e. The first kappa shape index (κ1) is 16.4. The molecule has 0 bridgehead atoms. The van der Waals surface area contributed by atoms with Gasteiger partial charge < -0.3 is 16.0 Å². The van der Waals surface area contributed by atoms with E-state index in [9.17, 15) is 4.79 Å². The molecule has 1 aromatic rings. The van der Waals surface area contributed by atoms with Crippen LogP contribution in [-0.4, -0.2) is 40.4 Å². The topological polar surface area (TPSA) is 71.2 Å². The minimum absolute atomic E-state index is 0.0323. The van der Waals surface area contributed by atoms with E-state index >= 15 is 0 Å². The van der Waals surface area contributed by atoms with Gasteiger partial charge in [-0.1, -0.05) is 12.2 Å². The Bertz CT molecular complexity index is 512. The second-order valence-corrected chi connectivity index (χ2v) is 5.03. The molecule has 110 valence electrons. The molecule has 3 N–H and O–H groups in total. The van der Waals surface area contributed by atoms with Crippen molar-refractivity contribution in [2.45, 2.75) is 27.7 Å². The first-order valence-corrected chi connectivity index (χ1v) is 7.11. The Morgan fingerprint density at radius 1 is 1.40 bits per heavy atom. The van der Waals surface area contributed by atoms with Gasteiger partial charge in [0.1, 0.15) is 10.8 Å². The Hall–Kier alpha value is -1.69. The predicted octanol–water partition coefficient (Wildman–Crippen LogP) is 1.61. The molecule has 0 aliphatic heterocycles. The van der Waals surface area contributed by atoms with Gasteiger partial charge >= 0.3 is 0 Å². The van der Waals surface area contributed by atoms with E-state index in [1.54, 1.807) is 4.90 Å². The molecule has 0 aliphatic rings. The van der Waals surface area contributed by atoms with Gasteiger partial charge in [0.2, 0.25) is 5.91 Å². The third-order valence-corrected chi connectivity index (χ3v) is 3.32. The summed E-state index contributed by atoms with van der Waals surface area (Å²) in [5.74, 6) is 0.611. The molecular formula is C14H22N4OS. The molecule has 0 saturated heterocycles. The summed E-state index contributed by atoms with van der Waals surface area (Å²) in [6, 6.07) is 1.92. The molecule has 0 saturated carbocycles. The number of nitrogens with two attached hydrogens (primary N) is 1. The van der Waals surface area contributed by atoms with Crippen LogP contribution in [0.5, 0.6) is 0 Å². The number of likely N-dealkylation sites (N-methyl/N-ethyl adjacent to an activating group) is 1. The highest BCUT2D eigenvalue weighted by atomic mass is 32.1. The van der Waals surface area contributed by atoms with E-state index in [1.807, 2.05) is 33.8 Å². The van der Waals surface area contributed by atoms with Gasteiger partial charge in [0.15, 0.2) is 0 Å². The van der Waals surface area contributed by atoms with Crippen LogP contribution in [0, 0.1) is 13.8 Å². The summed E-state index contributed by atoms with van der Waals surface area (Å²) in [5, 5.41) is 3.06. The third kappa shape index (κ3) is 3.90. The number of aryl methyl sites for hydroxylation is 2. The number of thiocarbonyl (C=S) groups is 1. The Morgan fingerprint density at radius 3 is 2.50 bits per heavy atom. The molecule has 0 atom stereocenters. The van der Waals surface area contributed by atoms with Crippen LogP contribution in [0.15, 0.2) is 6.07 Å². The normalized spacial score (nSPS) is 10.2. The van der Waals surface area contributed by atoms with Crippen LogP contribution in [0.25, 0.3) is 0 Å². The van der Waals surface area contributed by atoms with E-state index in [2.05, 4.69) is 10.3 Å². The Labute approximate surface area is 125 Å². The van der Waals surface area contributed by atoms with Crippen LogP contribution in [0.4, 0.5) is 5.82 Å². The molecule has 0 unspecified atom stereocenters. The van der Waals surface area contributed by atoms with Gasteiger partial charge in [-0.25, -0.2) is 4.98 Å². The molecular weight excluding hydrogens is 272 g/mol. The van der Waals surface area contributed by atoms with Gasteiger partial charge in [-0.05, 0) is 39.3 Å². The number of amides is 1. The summed E-state index contributed by atoms with van der Waals surface area (Å²) in [6.45, 7) is 9.31. The van der Waals surface area contributed by atoms with Crippen molar-refractivity contribution in [1.82, 2.24) is 9.88 Å². The van der Waals surface area contributed by atoms with E-state index in [0.717, 1.165) is 11.3 Å². The highest BCUT2D eigenvalue weighted by Crippen LogP contribution is 2.18. The summed E-state index contributed by atoms with van der Waals surface area (Å²) in [5.41, 5.74) is 8.27. The maximum atomic E-state index is 12.0. The van der Waals surface area contributed by atoms with E-state index in [4.69, 9.17) is 18.0 Å². The molecule has 0 spiro atoms. The van der Waals surface area contributed by atoms with Crippen molar-refractivity contribution in [3.63, 3.8) is 0 Å². The molecule has 5 nitrogen and oxygen atoms in total. The van der Waals surface area contributed by atoms with Crippen molar-refractivity contribution in [3.05, 3.63) is 22.9 Å². The molecule has 0 fully saturated rings. The van der Waals surface area contributed by atoms with Crippen LogP contribution < -0.4 is 11.1 Å². The summed E-state index contributed by atoms with van der Waals surface area (Å²) >= 11 is 5.06. The lowest BCUT2D eigenvalue weighted by Gasteiger charge is -2.20. The number of hydrogen-bond donors (Lipinski definition) is 2. The third-order valence-electron chi connectivity index (χ3n) is 3.11. The van der Waals surface area contributed by atoms with Gasteiger partial charge in [0.25, 0.3) is 0 Å². The zero-order valence-corrected chi connectivity index (χ0v) is 13.3. The molecule has 1 aromatic heterocycles. The molecule has 20 heavy (non-hydrogen) atoms. The fraction of sp³-hybridized carbons (Fsp3) is 0.500. The second-order valence-electron chi connectivity index (χ2n) is 4.59. The van der Waals surface area contributed by atoms with Crippen molar-refractivity contribution in [3.8, 4) is 0 Å². The average molecular weight is 294 g/mol. The average Bonchev–Trinajstić information content (AvgIpc) is 2.36. The van der Waals surface area contributed by atoms with Crippen molar-refractivity contribution < 1.29 is 4.79 Å². The monoisotopic (exact) mass is 294 g/mol. The first-order chi connectivity index (χ1) is 9.40. The lowest BCUT2D eigenvalue weighted by atomic mass is 10.1. The maximum absolute atomic E-state index is 12.0. The number of carbonyl (C=O) groups excluding carboxylic acids is 1.